The highest BCUT2D eigenvalue weighted by molar-refractivity contribution is 9.09. The average molecular weight is 464 g/mol. The molecule has 0 aromatic carbocycles. The molecule has 0 bridgehead atoms. The molecule has 0 aromatic rings. The summed E-state index contributed by atoms with van der Waals surface area (Å²) >= 11 is 7.39. The summed E-state index contributed by atoms with van der Waals surface area (Å²) in [4.78, 5) is 0.585. The van der Waals surface area contributed by atoms with Crippen molar-refractivity contribution in [3.05, 3.63) is 23.8 Å². The number of halogens is 2. The van der Waals surface area contributed by atoms with Crippen molar-refractivity contribution in [3.63, 3.8) is 0 Å². The van der Waals surface area contributed by atoms with Gasteiger partial charge in [-0.3, -0.25) is 0 Å². The lowest BCUT2D eigenvalue weighted by Crippen LogP contribution is -2.48. The maximum atomic E-state index is 10.3. The van der Waals surface area contributed by atoms with Gasteiger partial charge >= 0.3 is 0 Å². The van der Waals surface area contributed by atoms with E-state index in [1.165, 1.54) is 5.57 Å². The molecule has 5 unspecified atom stereocenters. The molecule has 1 aliphatic heterocycles. The SMILES string of the molecule is C/C(=C\C=C\C1(C)CCC(Br)C(C)(C)O1)C1CCC(C)(O)C(Br)C1. The Kier molecular flexibility index (Phi) is 6.49. The van der Waals surface area contributed by atoms with Gasteiger partial charge in [-0.1, -0.05) is 55.7 Å². The molecule has 1 N–H and O–H groups in total. The lowest BCUT2D eigenvalue weighted by atomic mass is 9.77. The van der Waals surface area contributed by atoms with Crippen LogP contribution in [0, 0.1) is 5.92 Å². The van der Waals surface area contributed by atoms with Crippen LogP contribution in [0.3, 0.4) is 0 Å². The van der Waals surface area contributed by atoms with Gasteiger partial charge in [0.05, 0.1) is 16.8 Å². The van der Waals surface area contributed by atoms with Gasteiger partial charge in [-0.25, -0.2) is 0 Å². The van der Waals surface area contributed by atoms with Crippen LogP contribution in [0.25, 0.3) is 0 Å². The third-order valence-electron chi connectivity index (χ3n) is 5.76. The first-order valence-corrected chi connectivity index (χ1v) is 10.8. The molecule has 2 nitrogen and oxygen atoms in total. The third kappa shape index (κ3) is 4.96. The van der Waals surface area contributed by atoms with Gasteiger partial charge in [0.2, 0.25) is 0 Å². The van der Waals surface area contributed by atoms with E-state index >= 15 is 0 Å². The van der Waals surface area contributed by atoms with Crippen LogP contribution in [-0.4, -0.2) is 31.6 Å². The Morgan fingerprint density at radius 1 is 1.08 bits per heavy atom. The lowest BCUT2D eigenvalue weighted by Gasteiger charge is -2.45. The highest BCUT2D eigenvalue weighted by Crippen LogP contribution is 2.41. The summed E-state index contributed by atoms with van der Waals surface area (Å²) < 4.78 is 6.34. The van der Waals surface area contributed by atoms with Crippen LogP contribution in [0.2, 0.25) is 0 Å². The van der Waals surface area contributed by atoms with Crippen LogP contribution in [-0.2, 0) is 4.74 Å². The number of aliphatic hydroxyl groups is 1. The molecule has 2 aliphatic rings. The largest absolute Gasteiger partial charge is 0.389 e. The predicted molar refractivity (Wildman–Crippen MR) is 109 cm³/mol. The molecule has 1 saturated carbocycles. The van der Waals surface area contributed by atoms with E-state index in [2.05, 4.69) is 77.8 Å². The zero-order valence-corrected chi connectivity index (χ0v) is 18.8. The van der Waals surface area contributed by atoms with Crippen molar-refractivity contribution in [3.8, 4) is 0 Å². The maximum absolute atomic E-state index is 10.3. The van der Waals surface area contributed by atoms with Gasteiger partial charge < -0.3 is 9.84 Å². The van der Waals surface area contributed by atoms with Gasteiger partial charge in [0, 0.05) is 9.65 Å². The van der Waals surface area contributed by atoms with Gasteiger partial charge in [-0.05, 0) is 72.6 Å². The topological polar surface area (TPSA) is 29.5 Å². The standard InChI is InChI=1S/C20H32Br2O2/c1-14(15-8-12-20(5,23)17(22)13-15)7-6-10-19(4)11-9-16(21)18(2,3)24-19/h6-7,10,15-17,23H,8-9,11-13H2,1-5H3/b10-6+,14-7+. The Bertz CT molecular complexity index is 510. The number of rotatable bonds is 3. The van der Waals surface area contributed by atoms with Crippen molar-refractivity contribution in [2.75, 3.05) is 0 Å². The van der Waals surface area contributed by atoms with Crippen molar-refractivity contribution >= 4 is 31.9 Å². The molecule has 0 aromatic heterocycles. The minimum atomic E-state index is -0.576. The van der Waals surface area contributed by atoms with Crippen molar-refractivity contribution in [2.45, 2.75) is 93.2 Å². The minimum Gasteiger partial charge on any atom is -0.389 e. The van der Waals surface area contributed by atoms with Crippen molar-refractivity contribution in [1.82, 2.24) is 0 Å². The Morgan fingerprint density at radius 2 is 1.75 bits per heavy atom. The van der Waals surface area contributed by atoms with Crippen LogP contribution in [0.1, 0.15) is 66.7 Å². The first-order valence-electron chi connectivity index (χ1n) is 9.02. The molecule has 2 fully saturated rings. The maximum Gasteiger partial charge on any atom is 0.0845 e. The Morgan fingerprint density at radius 3 is 2.33 bits per heavy atom. The molecule has 0 spiro atoms. The molecule has 1 saturated heterocycles. The van der Waals surface area contributed by atoms with Crippen LogP contribution < -0.4 is 0 Å². The van der Waals surface area contributed by atoms with E-state index in [0.29, 0.717) is 10.7 Å². The molecule has 5 atom stereocenters. The predicted octanol–water partition coefficient (Wildman–Crippen LogP) is 5.91. The first-order chi connectivity index (χ1) is 11.0. The van der Waals surface area contributed by atoms with E-state index < -0.39 is 5.60 Å². The Labute approximate surface area is 164 Å². The van der Waals surface area contributed by atoms with Gasteiger partial charge in [-0.2, -0.15) is 0 Å². The lowest BCUT2D eigenvalue weighted by molar-refractivity contribution is -0.134. The molecule has 4 heteroatoms. The summed E-state index contributed by atoms with van der Waals surface area (Å²) in [5, 5.41) is 10.3. The Balaban J connectivity index is 1.98. The summed E-state index contributed by atoms with van der Waals surface area (Å²) in [6.45, 7) is 10.6. The number of alkyl halides is 2. The first kappa shape index (κ1) is 20.7. The van der Waals surface area contributed by atoms with Crippen LogP contribution in [0.4, 0.5) is 0 Å². The molecule has 0 amide bonds. The van der Waals surface area contributed by atoms with E-state index in [0.717, 1.165) is 32.1 Å². The van der Waals surface area contributed by atoms with E-state index in [4.69, 9.17) is 4.74 Å². The number of hydrogen-bond donors (Lipinski definition) is 1. The molecule has 138 valence electrons. The molecule has 2 rings (SSSR count). The van der Waals surface area contributed by atoms with Crippen LogP contribution in [0.5, 0.6) is 0 Å². The zero-order chi connectivity index (χ0) is 18.2. The quantitative estimate of drug-likeness (QED) is 0.416. The normalized spacial score (nSPS) is 44.0. The fourth-order valence-corrected chi connectivity index (χ4v) is 4.79. The fraction of sp³-hybridized carbons (Fsp3) is 0.800. The van der Waals surface area contributed by atoms with Crippen molar-refractivity contribution < 1.29 is 9.84 Å². The zero-order valence-electron chi connectivity index (χ0n) is 15.6. The second-order valence-electron chi connectivity index (χ2n) is 8.59. The van der Waals surface area contributed by atoms with Crippen LogP contribution >= 0.6 is 31.9 Å². The molecular weight excluding hydrogens is 432 g/mol. The summed E-state index contributed by atoms with van der Waals surface area (Å²) in [7, 11) is 0. The number of allylic oxidation sites excluding steroid dienone is 3. The summed E-state index contributed by atoms with van der Waals surface area (Å²) in [5.41, 5.74) is 0.476. The molecule has 1 aliphatic carbocycles. The van der Waals surface area contributed by atoms with Gasteiger partial charge in [0.25, 0.3) is 0 Å². The van der Waals surface area contributed by atoms with E-state index in [9.17, 15) is 5.11 Å². The summed E-state index contributed by atoms with van der Waals surface area (Å²) in [6.07, 6.45) is 11.7. The third-order valence-corrected chi connectivity index (χ3v) is 8.68. The molecule has 0 radical (unpaired) electrons. The van der Waals surface area contributed by atoms with Gasteiger partial charge in [0.1, 0.15) is 0 Å². The minimum absolute atomic E-state index is 0.145. The van der Waals surface area contributed by atoms with Crippen LogP contribution in [0.15, 0.2) is 23.8 Å². The van der Waals surface area contributed by atoms with Crippen molar-refractivity contribution in [2.24, 2.45) is 5.92 Å². The average Bonchev–Trinajstić information content (AvgIpc) is 2.46. The molecule has 24 heavy (non-hydrogen) atoms. The second-order valence-corrected chi connectivity index (χ2v) is 10.8. The number of ether oxygens (including phenoxy) is 1. The van der Waals surface area contributed by atoms with E-state index in [1.807, 2.05) is 6.92 Å². The molecule has 1 heterocycles. The van der Waals surface area contributed by atoms with E-state index in [1.54, 1.807) is 0 Å². The summed E-state index contributed by atoms with van der Waals surface area (Å²) in [6, 6.07) is 0. The highest BCUT2D eigenvalue weighted by Gasteiger charge is 2.41. The highest BCUT2D eigenvalue weighted by atomic mass is 79.9. The van der Waals surface area contributed by atoms with Gasteiger partial charge in [0.15, 0.2) is 0 Å². The summed E-state index contributed by atoms with van der Waals surface area (Å²) in [5.74, 6) is 0.544. The number of hydrogen-bond acceptors (Lipinski definition) is 2. The molecular formula is C20H32Br2O2. The van der Waals surface area contributed by atoms with E-state index in [-0.39, 0.29) is 16.0 Å². The second kappa shape index (κ2) is 7.54. The Hall–Kier alpha value is 0.360. The van der Waals surface area contributed by atoms with Gasteiger partial charge in [-0.15, -0.1) is 0 Å². The monoisotopic (exact) mass is 462 g/mol. The fourth-order valence-electron chi connectivity index (χ4n) is 3.79. The van der Waals surface area contributed by atoms with Crippen molar-refractivity contribution in [1.29, 1.82) is 0 Å². The smallest absolute Gasteiger partial charge is 0.0845 e.